The van der Waals surface area contributed by atoms with Crippen molar-refractivity contribution in [1.82, 2.24) is 14.7 Å². The summed E-state index contributed by atoms with van der Waals surface area (Å²) >= 11 is 0. The second kappa shape index (κ2) is 7.19. The molecule has 122 valence electrons. The Hall–Kier alpha value is -1.48. The lowest BCUT2D eigenvalue weighted by Crippen LogP contribution is -2.52. The summed E-state index contributed by atoms with van der Waals surface area (Å²) in [6.45, 7) is 4.89. The molecule has 8 heteroatoms. The van der Waals surface area contributed by atoms with Crippen molar-refractivity contribution >= 4 is 16.0 Å². The van der Waals surface area contributed by atoms with Crippen molar-refractivity contribution in [3.8, 4) is 0 Å². The fourth-order valence-corrected chi connectivity index (χ4v) is 3.23. The van der Waals surface area contributed by atoms with Gasteiger partial charge < -0.3 is 9.64 Å². The molecule has 0 aromatic heterocycles. The number of ether oxygens (including phenoxy) is 1. The monoisotopic (exact) mass is 327 g/mol. The standard InChI is InChI=1S/C14H21N3O4S/c1-3-21-14(18)12-4-6-13(7-5-12)22(19,20)15-17-10-8-16(2)9-11-17/h4-7,15H,3,8-11H2,1-2H3. The van der Waals surface area contributed by atoms with Crippen LogP contribution in [0.2, 0.25) is 0 Å². The quantitative estimate of drug-likeness (QED) is 0.784. The number of hydrogen-bond acceptors (Lipinski definition) is 6. The molecule has 0 amide bonds. The zero-order chi connectivity index (χ0) is 16.2. The number of rotatable bonds is 5. The summed E-state index contributed by atoms with van der Waals surface area (Å²) in [6, 6.07) is 5.72. The van der Waals surface area contributed by atoms with E-state index in [1.807, 2.05) is 7.05 Å². The second-order valence-corrected chi connectivity index (χ2v) is 6.79. The summed E-state index contributed by atoms with van der Waals surface area (Å²) < 4.78 is 29.5. The van der Waals surface area contributed by atoms with E-state index in [1.165, 1.54) is 24.3 Å². The number of hydrogen-bond donors (Lipinski definition) is 1. The number of nitrogens with one attached hydrogen (secondary N) is 1. The van der Waals surface area contributed by atoms with Gasteiger partial charge >= 0.3 is 5.97 Å². The van der Waals surface area contributed by atoms with Gasteiger partial charge in [-0.3, -0.25) is 0 Å². The molecule has 2 rings (SSSR count). The first kappa shape index (κ1) is 16.9. The van der Waals surface area contributed by atoms with Crippen LogP contribution >= 0.6 is 0 Å². The summed E-state index contributed by atoms with van der Waals surface area (Å²) in [6.07, 6.45) is 0. The van der Waals surface area contributed by atoms with Crippen LogP contribution in [0.3, 0.4) is 0 Å². The van der Waals surface area contributed by atoms with E-state index >= 15 is 0 Å². The molecule has 1 saturated heterocycles. The van der Waals surface area contributed by atoms with Crippen LogP contribution in [-0.4, -0.2) is 64.1 Å². The zero-order valence-electron chi connectivity index (χ0n) is 12.8. The lowest BCUT2D eigenvalue weighted by molar-refractivity contribution is 0.0526. The SMILES string of the molecule is CCOC(=O)c1ccc(S(=O)(=O)NN2CCN(C)CC2)cc1. The third-order valence-electron chi connectivity index (χ3n) is 3.43. The van der Waals surface area contributed by atoms with Crippen molar-refractivity contribution in [2.24, 2.45) is 0 Å². The second-order valence-electron chi connectivity index (χ2n) is 5.13. The maximum atomic E-state index is 12.3. The summed E-state index contributed by atoms with van der Waals surface area (Å²) in [5.74, 6) is -0.460. The van der Waals surface area contributed by atoms with E-state index in [0.717, 1.165) is 13.1 Å². The molecule has 0 spiro atoms. The van der Waals surface area contributed by atoms with E-state index in [-0.39, 0.29) is 11.5 Å². The van der Waals surface area contributed by atoms with Gasteiger partial charge in [0.05, 0.1) is 17.1 Å². The van der Waals surface area contributed by atoms with Crippen LogP contribution in [0.4, 0.5) is 0 Å². The number of hydrazine groups is 1. The van der Waals surface area contributed by atoms with Crippen molar-refractivity contribution in [3.05, 3.63) is 29.8 Å². The fraction of sp³-hybridized carbons (Fsp3) is 0.500. The summed E-state index contributed by atoms with van der Waals surface area (Å²) in [5, 5.41) is 1.69. The van der Waals surface area contributed by atoms with Gasteiger partial charge in [-0.05, 0) is 38.2 Å². The average Bonchev–Trinajstić information content (AvgIpc) is 2.50. The highest BCUT2D eigenvalue weighted by Crippen LogP contribution is 2.12. The molecule has 1 aromatic carbocycles. The molecular weight excluding hydrogens is 306 g/mol. The van der Waals surface area contributed by atoms with Crippen LogP contribution in [0.5, 0.6) is 0 Å². The number of benzene rings is 1. The Morgan fingerprint density at radius 1 is 1.18 bits per heavy atom. The molecule has 0 saturated carbocycles. The minimum atomic E-state index is -3.63. The molecule has 0 radical (unpaired) electrons. The zero-order valence-corrected chi connectivity index (χ0v) is 13.6. The van der Waals surface area contributed by atoms with E-state index < -0.39 is 16.0 Å². The van der Waals surface area contributed by atoms with Crippen LogP contribution in [0, 0.1) is 0 Å². The van der Waals surface area contributed by atoms with Crippen molar-refractivity contribution in [3.63, 3.8) is 0 Å². The normalized spacial score (nSPS) is 17.4. The first-order chi connectivity index (χ1) is 10.4. The smallest absolute Gasteiger partial charge is 0.338 e. The first-order valence-corrected chi connectivity index (χ1v) is 8.64. The summed E-state index contributed by atoms with van der Waals surface area (Å²) in [5.41, 5.74) is 0.334. The van der Waals surface area contributed by atoms with Crippen LogP contribution < -0.4 is 4.83 Å². The molecule has 1 aromatic rings. The number of esters is 1. The molecule has 22 heavy (non-hydrogen) atoms. The largest absolute Gasteiger partial charge is 0.462 e. The van der Waals surface area contributed by atoms with Gasteiger partial charge in [-0.15, -0.1) is 4.83 Å². The van der Waals surface area contributed by atoms with E-state index in [9.17, 15) is 13.2 Å². The first-order valence-electron chi connectivity index (χ1n) is 7.15. The van der Waals surface area contributed by atoms with Crippen LogP contribution in [0.15, 0.2) is 29.2 Å². The number of sulfonamides is 1. The number of piperazine rings is 1. The third-order valence-corrected chi connectivity index (χ3v) is 4.82. The Bertz CT molecular complexity index is 607. The number of carbonyl (C=O) groups excluding carboxylic acids is 1. The van der Waals surface area contributed by atoms with Crippen molar-refractivity contribution < 1.29 is 17.9 Å². The molecule has 1 aliphatic rings. The highest BCUT2D eigenvalue weighted by atomic mass is 32.2. The minimum absolute atomic E-state index is 0.125. The molecular formula is C14H21N3O4S. The van der Waals surface area contributed by atoms with Gasteiger partial charge in [0.1, 0.15) is 0 Å². The molecule has 0 atom stereocenters. The van der Waals surface area contributed by atoms with E-state index in [2.05, 4.69) is 9.73 Å². The van der Waals surface area contributed by atoms with Gasteiger partial charge in [0.15, 0.2) is 0 Å². The predicted octanol–water partition coefficient (Wildman–Crippen LogP) is 0.304. The van der Waals surface area contributed by atoms with E-state index in [1.54, 1.807) is 11.9 Å². The van der Waals surface area contributed by atoms with Crippen LogP contribution in [0.1, 0.15) is 17.3 Å². The van der Waals surface area contributed by atoms with E-state index in [4.69, 9.17) is 4.74 Å². The minimum Gasteiger partial charge on any atom is -0.462 e. The molecule has 7 nitrogen and oxygen atoms in total. The Morgan fingerprint density at radius 2 is 1.77 bits per heavy atom. The van der Waals surface area contributed by atoms with Gasteiger partial charge in [-0.1, -0.05) is 0 Å². The number of nitrogens with zero attached hydrogens (tertiary/aromatic N) is 2. The van der Waals surface area contributed by atoms with Crippen molar-refractivity contribution in [1.29, 1.82) is 0 Å². The Morgan fingerprint density at radius 3 is 2.32 bits per heavy atom. The predicted molar refractivity (Wildman–Crippen MR) is 81.8 cm³/mol. The number of carbonyl (C=O) groups is 1. The maximum absolute atomic E-state index is 12.3. The topological polar surface area (TPSA) is 78.9 Å². The summed E-state index contributed by atoms with van der Waals surface area (Å²) in [7, 11) is -1.63. The number of likely N-dealkylation sites (N-methyl/N-ethyl adjacent to an activating group) is 1. The van der Waals surface area contributed by atoms with Gasteiger partial charge in [0, 0.05) is 26.2 Å². The van der Waals surface area contributed by atoms with Crippen molar-refractivity contribution in [2.75, 3.05) is 39.8 Å². The van der Waals surface area contributed by atoms with Crippen LogP contribution in [0.25, 0.3) is 0 Å². The highest BCUT2D eigenvalue weighted by Gasteiger charge is 2.21. The Balaban J connectivity index is 2.04. The van der Waals surface area contributed by atoms with E-state index in [0.29, 0.717) is 18.7 Å². The lowest BCUT2D eigenvalue weighted by atomic mass is 10.2. The molecule has 0 aliphatic carbocycles. The molecule has 1 heterocycles. The molecule has 1 aliphatic heterocycles. The van der Waals surface area contributed by atoms with Gasteiger partial charge in [-0.25, -0.2) is 18.2 Å². The molecule has 0 bridgehead atoms. The van der Waals surface area contributed by atoms with Crippen LogP contribution in [-0.2, 0) is 14.8 Å². The molecule has 0 unspecified atom stereocenters. The van der Waals surface area contributed by atoms with Gasteiger partial charge in [0.2, 0.25) is 0 Å². The maximum Gasteiger partial charge on any atom is 0.338 e. The summed E-state index contributed by atoms with van der Waals surface area (Å²) in [4.78, 5) is 16.4. The third kappa shape index (κ3) is 4.26. The van der Waals surface area contributed by atoms with Gasteiger partial charge in [0.25, 0.3) is 10.0 Å². The Kier molecular flexibility index (Phi) is 5.52. The lowest BCUT2D eigenvalue weighted by Gasteiger charge is -2.32. The average molecular weight is 327 g/mol. The highest BCUT2D eigenvalue weighted by molar-refractivity contribution is 7.89. The molecule has 1 N–H and O–H groups in total. The van der Waals surface area contributed by atoms with Crippen molar-refractivity contribution in [2.45, 2.75) is 11.8 Å². The Labute approximate surface area is 130 Å². The fourth-order valence-electron chi connectivity index (χ4n) is 2.10. The van der Waals surface area contributed by atoms with Gasteiger partial charge in [-0.2, -0.15) is 0 Å². The molecule has 1 fully saturated rings.